The number of thioether (sulfide) groups is 1. The van der Waals surface area contributed by atoms with Crippen LogP contribution in [0.15, 0.2) is 64.5 Å². The number of nitrogens with one attached hydrogen (secondary N) is 1. The maximum atomic E-state index is 13.1. The average molecular weight is 382 g/mol. The number of para-hydroxylation sites is 1. The van der Waals surface area contributed by atoms with E-state index in [2.05, 4.69) is 4.98 Å². The van der Waals surface area contributed by atoms with E-state index >= 15 is 0 Å². The summed E-state index contributed by atoms with van der Waals surface area (Å²) in [6.07, 6.45) is 0. The van der Waals surface area contributed by atoms with E-state index in [1.165, 1.54) is 0 Å². The summed E-state index contributed by atoms with van der Waals surface area (Å²) < 4.78 is 1.57. The molecule has 1 aromatic heterocycles. The van der Waals surface area contributed by atoms with Gasteiger partial charge in [0.2, 0.25) is 5.91 Å². The Morgan fingerprint density at radius 3 is 2.52 bits per heavy atom. The monoisotopic (exact) mass is 382 g/mol. The van der Waals surface area contributed by atoms with Crippen LogP contribution in [-0.2, 0) is 4.79 Å². The minimum Gasteiger partial charge on any atom is -0.351 e. The molecule has 7 nitrogen and oxygen atoms in total. The molecule has 3 rings (SSSR count). The van der Waals surface area contributed by atoms with Gasteiger partial charge in [0.05, 0.1) is 22.7 Å². The number of aromatic nitrogens is 2. The third-order valence-corrected chi connectivity index (χ3v) is 4.99. The number of imide groups is 1. The van der Waals surface area contributed by atoms with Crippen LogP contribution >= 0.6 is 11.8 Å². The molecule has 27 heavy (non-hydrogen) atoms. The minimum absolute atomic E-state index is 0.0881. The van der Waals surface area contributed by atoms with Crippen LogP contribution in [0.3, 0.4) is 0 Å². The highest BCUT2D eigenvalue weighted by Crippen LogP contribution is 2.24. The van der Waals surface area contributed by atoms with Crippen molar-refractivity contribution in [3.05, 3.63) is 70.5 Å². The number of rotatable bonds is 5. The largest absolute Gasteiger partial charge is 0.351 e. The fourth-order valence-electron chi connectivity index (χ4n) is 2.75. The Hall–Kier alpha value is -3.13. The molecule has 3 aromatic rings. The Labute approximate surface area is 159 Å². The molecule has 0 bridgehead atoms. The number of primary amides is 1. The van der Waals surface area contributed by atoms with E-state index in [9.17, 15) is 14.4 Å². The first-order chi connectivity index (χ1) is 13.0. The molecular formula is C19H18N4O3S. The minimum atomic E-state index is -0.915. The molecule has 8 heteroatoms. The Bertz CT molecular complexity index is 1050. The molecule has 3 amide bonds. The summed E-state index contributed by atoms with van der Waals surface area (Å²) in [5.41, 5.74) is 6.28. The standard InChI is InChI=1S/C19H18N4O3S/c1-12(13-7-3-2-4-8-13)23-17(25)14-9-5-6-10-15(14)21-19(23)27-11-16(24)22-18(20)26/h2-10,12H,11H2,1H3,(H3,20,22,24,26)/t12-/m0/s1. The van der Waals surface area contributed by atoms with Crippen molar-refractivity contribution in [2.45, 2.75) is 18.1 Å². The van der Waals surface area contributed by atoms with Gasteiger partial charge in [0.15, 0.2) is 5.16 Å². The number of nitrogens with two attached hydrogens (primary N) is 1. The van der Waals surface area contributed by atoms with Crippen LogP contribution in [0.5, 0.6) is 0 Å². The van der Waals surface area contributed by atoms with Crippen molar-refractivity contribution in [2.75, 3.05) is 5.75 Å². The number of nitrogens with zero attached hydrogens (tertiary/aromatic N) is 2. The van der Waals surface area contributed by atoms with E-state index in [1.807, 2.05) is 42.6 Å². The van der Waals surface area contributed by atoms with E-state index in [0.717, 1.165) is 17.3 Å². The number of urea groups is 1. The molecular weight excluding hydrogens is 364 g/mol. The van der Waals surface area contributed by atoms with Crippen LogP contribution in [0, 0.1) is 0 Å². The second-order valence-corrected chi connectivity index (χ2v) is 6.82. The Morgan fingerprint density at radius 1 is 1.15 bits per heavy atom. The van der Waals surface area contributed by atoms with Gasteiger partial charge in [-0.2, -0.15) is 0 Å². The molecule has 0 saturated carbocycles. The van der Waals surface area contributed by atoms with Gasteiger partial charge in [-0.05, 0) is 24.6 Å². The summed E-state index contributed by atoms with van der Waals surface area (Å²) >= 11 is 1.08. The van der Waals surface area contributed by atoms with Crippen molar-refractivity contribution < 1.29 is 9.59 Å². The van der Waals surface area contributed by atoms with Gasteiger partial charge in [-0.1, -0.05) is 54.2 Å². The summed E-state index contributed by atoms with van der Waals surface area (Å²) in [4.78, 5) is 40.3. The summed E-state index contributed by atoms with van der Waals surface area (Å²) in [6.45, 7) is 1.90. The lowest BCUT2D eigenvalue weighted by molar-refractivity contribution is -0.117. The van der Waals surface area contributed by atoms with Crippen molar-refractivity contribution in [3.63, 3.8) is 0 Å². The van der Waals surface area contributed by atoms with E-state index in [4.69, 9.17) is 5.73 Å². The third-order valence-electron chi connectivity index (χ3n) is 4.04. The Balaban J connectivity index is 2.06. The second-order valence-electron chi connectivity index (χ2n) is 5.87. The molecule has 1 atom stereocenters. The van der Waals surface area contributed by atoms with E-state index in [-0.39, 0.29) is 17.4 Å². The maximum absolute atomic E-state index is 13.1. The highest BCUT2D eigenvalue weighted by Gasteiger charge is 2.19. The molecule has 0 saturated heterocycles. The van der Waals surface area contributed by atoms with Gasteiger partial charge in [0.25, 0.3) is 5.56 Å². The first kappa shape index (κ1) is 18.7. The van der Waals surface area contributed by atoms with Crippen molar-refractivity contribution in [1.29, 1.82) is 0 Å². The van der Waals surface area contributed by atoms with Gasteiger partial charge in [-0.3, -0.25) is 19.5 Å². The fraction of sp³-hybridized carbons (Fsp3) is 0.158. The van der Waals surface area contributed by atoms with Gasteiger partial charge in [0.1, 0.15) is 0 Å². The average Bonchev–Trinajstić information content (AvgIpc) is 2.66. The summed E-state index contributed by atoms with van der Waals surface area (Å²) in [6, 6.07) is 15.4. The molecule has 2 aromatic carbocycles. The first-order valence-electron chi connectivity index (χ1n) is 8.25. The molecule has 0 spiro atoms. The number of carbonyl (C=O) groups is 2. The van der Waals surface area contributed by atoms with Crippen LogP contribution in [0.2, 0.25) is 0 Å². The zero-order valence-corrected chi connectivity index (χ0v) is 15.4. The number of hydrogen-bond acceptors (Lipinski definition) is 5. The Kier molecular flexibility index (Phi) is 5.56. The summed E-state index contributed by atoms with van der Waals surface area (Å²) in [5, 5.41) is 2.91. The molecule has 138 valence electrons. The highest BCUT2D eigenvalue weighted by molar-refractivity contribution is 7.99. The van der Waals surface area contributed by atoms with Crippen molar-refractivity contribution in [3.8, 4) is 0 Å². The molecule has 1 heterocycles. The lowest BCUT2D eigenvalue weighted by atomic mass is 10.1. The highest BCUT2D eigenvalue weighted by atomic mass is 32.2. The number of carbonyl (C=O) groups excluding carboxylic acids is 2. The van der Waals surface area contributed by atoms with Gasteiger partial charge >= 0.3 is 6.03 Å². The number of benzene rings is 2. The van der Waals surface area contributed by atoms with Crippen molar-refractivity contribution in [1.82, 2.24) is 14.9 Å². The number of hydrogen-bond donors (Lipinski definition) is 2. The van der Waals surface area contributed by atoms with Crippen LogP contribution < -0.4 is 16.6 Å². The third kappa shape index (κ3) is 4.17. The summed E-state index contributed by atoms with van der Waals surface area (Å²) in [7, 11) is 0. The quantitative estimate of drug-likeness (QED) is 0.520. The topological polar surface area (TPSA) is 107 Å². The normalized spacial score (nSPS) is 11.9. The maximum Gasteiger partial charge on any atom is 0.318 e. The second kappa shape index (κ2) is 8.05. The van der Waals surface area contributed by atoms with Gasteiger partial charge in [0, 0.05) is 0 Å². The zero-order valence-electron chi connectivity index (χ0n) is 14.6. The van der Waals surface area contributed by atoms with Crippen LogP contribution in [0.25, 0.3) is 10.9 Å². The zero-order chi connectivity index (χ0) is 19.4. The molecule has 0 aliphatic heterocycles. The Morgan fingerprint density at radius 2 is 1.81 bits per heavy atom. The number of fused-ring (bicyclic) bond motifs is 1. The molecule has 0 unspecified atom stereocenters. The SMILES string of the molecule is C[C@@H](c1ccccc1)n1c(SCC(=O)NC(N)=O)nc2ccccc2c1=O. The smallest absolute Gasteiger partial charge is 0.318 e. The first-order valence-corrected chi connectivity index (χ1v) is 9.24. The van der Waals surface area contributed by atoms with Crippen LogP contribution in [0.4, 0.5) is 4.79 Å². The molecule has 3 N–H and O–H groups in total. The predicted molar refractivity (Wildman–Crippen MR) is 105 cm³/mol. The lowest BCUT2D eigenvalue weighted by Gasteiger charge is -2.19. The molecule has 0 aliphatic carbocycles. The van der Waals surface area contributed by atoms with Crippen LogP contribution in [-0.4, -0.2) is 27.2 Å². The van der Waals surface area contributed by atoms with Gasteiger partial charge in [-0.25, -0.2) is 9.78 Å². The predicted octanol–water partition coefficient (Wildman–Crippen LogP) is 2.29. The van der Waals surface area contributed by atoms with Crippen LogP contribution in [0.1, 0.15) is 18.5 Å². The molecule has 0 aliphatic rings. The van der Waals surface area contributed by atoms with E-state index < -0.39 is 11.9 Å². The van der Waals surface area contributed by atoms with Crippen molar-refractivity contribution in [2.24, 2.45) is 5.73 Å². The number of amides is 3. The molecule has 0 fully saturated rings. The van der Waals surface area contributed by atoms with E-state index in [1.54, 1.807) is 28.8 Å². The van der Waals surface area contributed by atoms with Gasteiger partial charge in [-0.15, -0.1) is 0 Å². The van der Waals surface area contributed by atoms with E-state index in [0.29, 0.717) is 16.1 Å². The fourth-order valence-corrected chi connectivity index (χ4v) is 3.63. The van der Waals surface area contributed by atoms with Crippen molar-refractivity contribution >= 4 is 34.6 Å². The molecule has 0 radical (unpaired) electrons. The summed E-state index contributed by atoms with van der Waals surface area (Å²) in [5.74, 6) is -0.635. The van der Waals surface area contributed by atoms with Gasteiger partial charge < -0.3 is 5.73 Å². The lowest BCUT2D eigenvalue weighted by Crippen LogP contribution is -2.36.